The van der Waals surface area contributed by atoms with Crippen molar-refractivity contribution in [3.05, 3.63) is 35.6 Å². The van der Waals surface area contributed by atoms with Gasteiger partial charge in [-0.2, -0.15) is 0 Å². The van der Waals surface area contributed by atoms with E-state index < -0.39 is 0 Å². The maximum absolute atomic E-state index is 13.0. The van der Waals surface area contributed by atoms with Crippen LogP contribution in [0.5, 0.6) is 0 Å². The maximum atomic E-state index is 13.0. The number of nitrogens with zero attached hydrogens (tertiary/aromatic N) is 2. The molecule has 0 bridgehead atoms. The monoisotopic (exact) mass is 414 g/mol. The lowest BCUT2D eigenvalue weighted by Crippen LogP contribution is -2.47. The highest BCUT2D eigenvalue weighted by Crippen LogP contribution is 2.46. The number of halogens is 1. The average molecular weight is 415 g/mol. The molecule has 0 atom stereocenters. The third-order valence-electron chi connectivity index (χ3n) is 7.57. The summed E-state index contributed by atoms with van der Waals surface area (Å²) in [5.41, 5.74) is 1.23. The van der Waals surface area contributed by atoms with E-state index in [0.29, 0.717) is 25.3 Å². The van der Waals surface area contributed by atoms with Gasteiger partial charge in [0.1, 0.15) is 5.82 Å². The molecule has 164 valence electrons. The van der Waals surface area contributed by atoms with Gasteiger partial charge in [-0.15, -0.1) is 0 Å². The van der Waals surface area contributed by atoms with Crippen molar-refractivity contribution in [3.63, 3.8) is 0 Å². The first-order chi connectivity index (χ1) is 14.5. The van der Waals surface area contributed by atoms with E-state index in [1.54, 1.807) is 17.0 Å². The minimum Gasteiger partial charge on any atom is -0.303 e. The molecule has 4 nitrogen and oxygen atoms in total. The molecule has 1 aromatic carbocycles. The van der Waals surface area contributed by atoms with E-state index in [1.165, 1.54) is 31.2 Å². The Morgan fingerprint density at radius 1 is 0.900 bits per heavy atom. The van der Waals surface area contributed by atoms with Gasteiger partial charge in [0, 0.05) is 19.4 Å². The first-order valence-corrected chi connectivity index (χ1v) is 11.8. The van der Waals surface area contributed by atoms with Gasteiger partial charge in [-0.05, 0) is 93.6 Å². The van der Waals surface area contributed by atoms with Crippen molar-refractivity contribution in [2.45, 2.75) is 70.6 Å². The number of hydrogen-bond acceptors (Lipinski definition) is 3. The SMILES string of the molecule is O=C1CC2(CCCC2)CC(=O)N1CCCCN1CCC(Cc2ccc(F)cc2)CC1. The number of unbranched alkanes of at least 4 members (excludes halogenated alkanes) is 1. The zero-order valence-corrected chi connectivity index (χ0v) is 18.1. The highest BCUT2D eigenvalue weighted by atomic mass is 19.1. The number of carbonyl (C=O) groups excluding carboxylic acids is 2. The fourth-order valence-electron chi connectivity index (χ4n) is 5.74. The molecule has 0 radical (unpaired) electrons. The van der Waals surface area contributed by atoms with Crippen molar-refractivity contribution in [1.29, 1.82) is 0 Å². The quantitative estimate of drug-likeness (QED) is 0.485. The molecule has 30 heavy (non-hydrogen) atoms. The Kier molecular flexibility index (Phi) is 6.87. The summed E-state index contributed by atoms with van der Waals surface area (Å²) in [4.78, 5) is 29.1. The maximum Gasteiger partial charge on any atom is 0.229 e. The molecule has 2 heterocycles. The first kappa shape index (κ1) is 21.5. The van der Waals surface area contributed by atoms with Crippen LogP contribution in [0.15, 0.2) is 24.3 Å². The standard InChI is InChI=1S/C25H35FN2O2/c26-22-7-5-20(6-8-22)17-21-9-15-27(16-10-21)13-3-4-14-28-23(29)18-25(19-24(28)30)11-1-2-12-25/h5-8,21H,1-4,9-19H2. The molecule has 2 saturated heterocycles. The molecule has 3 fully saturated rings. The van der Waals surface area contributed by atoms with Gasteiger partial charge >= 0.3 is 0 Å². The van der Waals surface area contributed by atoms with Crippen LogP contribution in [-0.2, 0) is 16.0 Å². The van der Waals surface area contributed by atoms with Gasteiger partial charge in [0.25, 0.3) is 0 Å². The van der Waals surface area contributed by atoms with E-state index in [4.69, 9.17) is 0 Å². The summed E-state index contributed by atoms with van der Waals surface area (Å²) in [5, 5.41) is 0. The number of benzene rings is 1. The van der Waals surface area contributed by atoms with Gasteiger partial charge in [0.05, 0.1) is 0 Å². The molecule has 1 aromatic rings. The molecule has 0 unspecified atom stereocenters. The molecular formula is C25H35FN2O2. The lowest BCUT2D eigenvalue weighted by Gasteiger charge is -2.37. The van der Waals surface area contributed by atoms with Crippen LogP contribution >= 0.6 is 0 Å². The minimum atomic E-state index is -0.167. The van der Waals surface area contributed by atoms with Crippen LogP contribution in [0.2, 0.25) is 0 Å². The highest BCUT2D eigenvalue weighted by molar-refractivity contribution is 5.98. The third kappa shape index (κ3) is 5.29. The van der Waals surface area contributed by atoms with E-state index in [-0.39, 0.29) is 23.0 Å². The molecule has 3 aliphatic rings. The number of carbonyl (C=O) groups is 2. The second-order valence-corrected chi connectivity index (χ2v) is 9.82. The van der Waals surface area contributed by atoms with Crippen LogP contribution in [0.3, 0.4) is 0 Å². The van der Waals surface area contributed by atoms with Gasteiger partial charge in [-0.3, -0.25) is 14.5 Å². The van der Waals surface area contributed by atoms with Crippen molar-refractivity contribution < 1.29 is 14.0 Å². The lowest BCUT2D eigenvalue weighted by molar-refractivity contribution is -0.153. The fourth-order valence-corrected chi connectivity index (χ4v) is 5.74. The van der Waals surface area contributed by atoms with E-state index in [2.05, 4.69) is 4.90 Å². The Balaban J connectivity index is 1.12. The number of hydrogen-bond donors (Lipinski definition) is 0. The molecule has 1 saturated carbocycles. The van der Waals surface area contributed by atoms with Gasteiger partial charge in [0.15, 0.2) is 0 Å². The van der Waals surface area contributed by atoms with Crippen LogP contribution in [0.1, 0.15) is 69.8 Å². The van der Waals surface area contributed by atoms with Gasteiger partial charge in [0.2, 0.25) is 11.8 Å². The minimum absolute atomic E-state index is 0.00290. The fraction of sp³-hybridized carbons (Fsp3) is 0.680. The predicted octanol–water partition coefficient (Wildman–Crippen LogP) is 4.57. The van der Waals surface area contributed by atoms with E-state index in [9.17, 15) is 14.0 Å². The number of imide groups is 1. The number of rotatable bonds is 7. The summed E-state index contributed by atoms with van der Waals surface area (Å²) < 4.78 is 13.0. The van der Waals surface area contributed by atoms with Gasteiger partial charge in [-0.25, -0.2) is 4.39 Å². The largest absolute Gasteiger partial charge is 0.303 e. The van der Waals surface area contributed by atoms with Crippen LogP contribution in [0.25, 0.3) is 0 Å². The topological polar surface area (TPSA) is 40.6 Å². The van der Waals surface area contributed by atoms with Gasteiger partial charge in [-0.1, -0.05) is 25.0 Å². The average Bonchev–Trinajstić information content (AvgIpc) is 3.17. The van der Waals surface area contributed by atoms with Crippen LogP contribution < -0.4 is 0 Å². The summed E-state index contributed by atoms with van der Waals surface area (Å²) in [6.45, 7) is 3.85. The Morgan fingerprint density at radius 3 is 2.13 bits per heavy atom. The molecule has 1 spiro atoms. The summed E-state index contributed by atoms with van der Waals surface area (Å²) in [7, 11) is 0. The summed E-state index contributed by atoms with van der Waals surface area (Å²) in [6, 6.07) is 6.91. The molecule has 4 rings (SSSR count). The van der Waals surface area contributed by atoms with E-state index >= 15 is 0 Å². The number of piperidine rings is 2. The van der Waals surface area contributed by atoms with Crippen molar-refractivity contribution in [2.24, 2.45) is 11.3 Å². The molecule has 0 N–H and O–H groups in total. The van der Waals surface area contributed by atoms with E-state index in [0.717, 1.165) is 51.7 Å². The van der Waals surface area contributed by atoms with Crippen molar-refractivity contribution in [3.8, 4) is 0 Å². The summed E-state index contributed by atoms with van der Waals surface area (Å²) in [5.74, 6) is 0.641. The van der Waals surface area contributed by atoms with Crippen molar-refractivity contribution in [1.82, 2.24) is 9.80 Å². The second kappa shape index (κ2) is 9.59. The van der Waals surface area contributed by atoms with Crippen LogP contribution in [0, 0.1) is 17.2 Å². The van der Waals surface area contributed by atoms with Crippen molar-refractivity contribution in [2.75, 3.05) is 26.2 Å². The smallest absolute Gasteiger partial charge is 0.229 e. The molecular weight excluding hydrogens is 379 g/mol. The Bertz CT molecular complexity index is 714. The lowest BCUT2D eigenvalue weighted by atomic mass is 9.76. The number of likely N-dealkylation sites (tertiary alicyclic amines) is 2. The molecule has 2 amide bonds. The van der Waals surface area contributed by atoms with Crippen LogP contribution in [-0.4, -0.2) is 47.8 Å². The number of amides is 2. The zero-order chi connectivity index (χ0) is 21.0. The highest BCUT2D eigenvalue weighted by Gasteiger charge is 2.44. The third-order valence-corrected chi connectivity index (χ3v) is 7.57. The van der Waals surface area contributed by atoms with Crippen LogP contribution in [0.4, 0.5) is 4.39 Å². The van der Waals surface area contributed by atoms with E-state index in [1.807, 2.05) is 12.1 Å². The van der Waals surface area contributed by atoms with Gasteiger partial charge < -0.3 is 4.90 Å². The molecule has 0 aromatic heterocycles. The molecule has 5 heteroatoms. The zero-order valence-electron chi connectivity index (χ0n) is 18.1. The summed E-state index contributed by atoms with van der Waals surface area (Å²) in [6.07, 6.45) is 10.9. The molecule has 1 aliphatic carbocycles. The Labute approximate surface area is 179 Å². The van der Waals surface area contributed by atoms with Crippen molar-refractivity contribution >= 4 is 11.8 Å². The Hall–Kier alpha value is -1.75. The summed E-state index contributed by atoms with van der Waals surface area (Å²) >= 11 is 0. The normalized spacial score (nSPS) is 22.9. The molecule has 2 aliphatic heterocycles. The Morgan fingerprint density at radius 2 is 1.50 bits per heavy atom. The first-order valence-electron chi connectivity index (χ1n) is 11.8. The second-order valence-electron chi connectivity index (χ2n) is 9.82. The predicted molar refractivity (Wildman–Crippen MR) is 115 cm³/mol.